The number of carbonyl (C=O) groups is 1. The fourth-order valence-electron chi connectivity index (χ4n) is 3.04. The fourth-order valence-corrected chi connectivity index (χ4v) is 4.28. The van der Waals surface area contributed by atoms with Gasteiger partial charge in [-0.1, -0.05) is 24.3 Å². The van der Waals surface area contributed by atoms with E-state index in [4.69, 9.17) is 0 Å². The van der Waals surface area contributed by atoms with Gasteiger partial charge in [0.05, 0.1) is 10.6 Å². The number of rotatable bonds is 6. The molecule has 1 aliphatic rings. The summed E-state index contributed by atoms with van der Waals surface area (Å²) in [6.07, 6.45) is 2.46. The molecule has 0 bridgehead atoms. The molecule has 26 heavy (non-hydrogen) atoms. The highest BCUT2D eigenvalue weighted by molar-refractivity contribution is 7.92. The topological polar surface area (TPSA) is 78.5 Å². The van der Waals surface area contributed by atoms with Crippen LogP contribution in [-0.2, 0) is 14.8 Å². The van der Waals surface area contributed by atoms with E-state index in [2.05, 4.69) is 10.6 Å². The zero-order valence-electron chi connectivity index (χ0n) is 14.7. The summed E-state index contributed by atoms with van der Waals surface area (Å²) < 4.78 is 26.9. The van der Waals surface area contributed by atoms with Gasteiger partial charge >= 0.3 is 0 Å². The van der Waals surface area contributed by atoms with E-state index in [0.29, 0.717) is 17.8 Å². The molecule has 3 rings (SSSR count). The molecule has 1 amide bonds. The van der Waals surface area contributed by atoms with Gasteiger partial charge in [0.15, 0.2) is 0 Å². The molecule has 1 saturated heterocycles. The Bertz CT molecular complexity index is 863. The molecule has 6 nitrogen and oxygen atoms in total. The summed E-state index contributed by atoms with van der Waals surface area (Å²) in [6.45, 7) is 0.942. The van der Waals surface area contributed by atoms with Crippen LogP contribution in [0.5, 0.6) is 0 Å². The summed E-state index contributed by atoms with van der Waals surface area (Å²) in [5.74, 6) is -0.115. The van der Waals surface area contributed by atoms with Crippen molar-refractivity contribution in [3.05, 3.63) is 54.6 Å². The Balaban J connectivity index is 1.74. The maximum Gasteiger partial charge on any atom is 0.264 e. The molecule has 2 aromatic rings. The van der Waals surface area contributed by atoms with Gasteiger partial charge in [-0.05, 0) is 49.7 Å². The Morgan fingerprint density at radius 2 is 1.96 bits per heavy atom. The van der Waals surface area contributed by atoms with E-state index in [-0.39, 0.29) is 16.8 Å². The van der Waals surface area contributed by atoms with E-state index in [1.165, 1.54) is 23.5 Å². The number of hydrogen-bond donors (Lipinski definition) is 2. The first-order chi connectivity index (χ1) is 12.5. The van der Waals surface area contributed by atoms with Crippen LogP contribution in [-0.4, -0.2) is 34.0 Å². The lowest BCUT2D eigenvalue weighted by molar-refractivity contribution is -0.116. The second-order valence-corrected chi connectivity index (χ2v) is 8.35. The number of anilines is 2. The first kappa shape index (κ1) is 18.4. The number of sulfonamides is 1. The van der Waals surface area contributed by atoms with Crippen molar-refractivity contribution in [3.8, 4) is 0 Å². The second kappa shape index (κ2) is 7.88. The van der Waals surface area contributed by atoms with Crippen molar-refractivity contribution in [1.82, 2.24) is 5.32 Å². The van der Waals surface area contributed by atoms with E-state index in [1.807, 2.05) is 6.07 Å². The van der Waals surface area contributed by atoms with Gasteiger partial charge in [0, 0.05) is 25.2 Å². The summed E-state index contributed by atoms with van der Waals surface area (Å²) in [5.41, 5.74) is 1.06. The minimum atomic E-state index is -3.70. The molecular formula is C19H23N3O3S. The van der Waals surface area contributed by atoms with Crippen LogP contribution < -0.4 is 14.9 Å². The third-order valence-corrected chi connectivity index (χ3v) is 6.27. The van der Waals surface area contributed by atoms with E-state index in [0.717, 1.165) is 19.4 Å². The van der Waals surface area contributed by atoms with Gasteiger partial charge in [0.1, 0.15) is 0 Å². The van der Waals surface area contributed by atoms with Crippen LogP contribution in [0.3, 0.4) is 0 Å². The quantitative estimate of drug-likeness (QED) is 0.816. The number of para-hydroxylation sites is 1. The third kappa shape index (κ3) is 4.23. The van der Waals surface area contributed by atoms with Crippen molar-refractivity contribution < 1.29 is 13.2 Å². The van der Waals surface area contributed by atoms with Gasteiger partial charge in [0.2, 0.25) is 5.91 Å². The van der Waals surface area contributed by atoms with Gasteiger partial charge in [-0.3, -0.25) is 9.10 Å². The van der Waals surface area contributed by atoms with Gasteiger partial charge in [-0.15, -0.1) is 0 Å². The summed E-state index contributed by atoms with van der Waals surface area (Å²) in [5, 5.41) is 6.08. The number of hydrogen-bond acceptors (Lipinski definition) is 4. The van der Waals surface area contributed by atoms with E-state index < -0.39 is 10.0 Å². The first-order valence-electron chi connectivity index (χ1n) is 8.64. The molecule has 7 heteroatoms. The van der Waals surface area contributed by atoms with Crippen molar-refractivity contribution >= 4 is 27.3 Å². The monoisotopic (exact) mass is 373 g/mol. The van der Waals surface area contributed by atoms with Crippen molar-refractivity contribution in [3.63, 3.8) is 0 Å². The first-order valence-corrected chi connectivity index (χ1v) is 10.1. The summed E-state index contributed by atoms with van der Waals surface area (Å²) >= 11 is 0. The fraction of sp³-hybridized carbons (Fsp3) is 0.316. The van der Waals surface area contributed by atoms with Crippen molar-refractivity contribution in [1.29, 1.82) is 0 Å². The third-order valence-electron chi connectivity index (χ3n) is 4.49. The Morgan fingerprint density at radius 3 is 2.65 bits per heavy atom. The molecular weight excluding hydrogens is 350 g/mol. The number of amides is 1. The maximum atomic E-state index is 12.9. The zero-order valence-corrected chi connectivity index (χ0v) is 15.5. The predicted octanol–water partition coefficient (Wildman–Crippen LogP) is 2.59. The molecule has 0 saturated carbocycles. The Kier molecular flexibility index (Phi) is 5.58. The van der Waals surface area contributed by atoms with E-state index in [1.54, 1.807) is 36.4 Å². The standard InChI is InChI=1S/C19H23N3O3S/c1-22(17-9-3-2-4-10-17)26(24,25)18-11-5-7-16(13-18)21-19(23)14-15-8-6-12-20-15/h2-5,7,9-11,13,15,20H,6,8,12,14H2,1H3,(H,21,23). The van der Waals surface area contributed by atoms with Crippen molar-refractivity contribution in [2.75, 3.05) is 23.2 Å². The molecule has 1 atom stereocenters. The second-order valence-electron chi connectivity index (χ2n) is 6.38. The van der Waals surface area contributed by atoms with E-state index in [9.17, 15) is 13.2 Å². The molecule has 1 heterocycles. The summed E-state index contributed by atoms with van der Waals surface area (Å²) in [7, 11) is -2.19. The average Bonchev–Trinajstić information content (AvgIpc) is 3.14. The minimum absolute atomic E-state index is 0.115. The molecule has 0 spiro atoms. The number of benzene rings is 2. The lowest BCUT2D eigenvalue weighted by Gasteiger charge is -2.20. The lowest BCUT2D eigenvalue weighted by atomic mass is 10.1. The van der Waals surface area contributed by atoms with Crippen LogP contribution in [0, 0.1) is 0 Å². The van der Waals surface area contributed by atoms with Crippen molar-refractivity contribution in [2.24, 2.45) is 0 Å². The summed E-state index contributed by atoms with van der Waals surface area (Å²) in [6, 6.07) is 15.4. The average molecular weight is 373 g/mol. The Hall–Kier alpha value is -2.38. The molecule has 0 aromatic heterocycles. The highest BCUT2D eigenvalue weighted by Crippen LogP contribution is 2.23. The molecule has 0 radical (unpaired) electrons. The van der Waals surface area contributed by atoms with Gasteiger partial charge in [-0.2, -0.15) is 0 Å². The zero-order chi connectivity index (χ0) is 18.6. The van der Waals surface area contributed by atoms with E-state index >= 15 is 0 Å². The summed E-state index contributed by atoms with van der Waals surface area (Å²) in [4.78, 5) is 12.3. The van der Waals surface area contributed by atoms with Crippen LogP contribution in [0.25, 0.3) is 0 Å². The highest BCUT2D eigenvalue weighted by atomic mass is 32.2. The molecule has 2 aromatic carbocycles. The molecule has 138 valence electrons. The molecule has 0 aliphatic carbocycles. The van der Waals surface area contributed by atoms with Gasteiger partial charge in [-0.25, -0.2) is 8.42 Å². The Morgan fingerprint density at radius 1 is 1.19 bits per heavy atom. The van der Waals surface area contributed by atoms with Crippen LogP contribution in [0.1, 0.15) is 19.3 Å². The highest BCUT2D eigenvalue weighted by Gasteiger charge is 2.22. The lowest BCUT2D eigenvalue weighted by Crippen LogP contribution is -2.28. The Labute approximate surface area is 154 Å². The van der Waals surface area contributed by atoms with Gasteiger partial charge < -0.3 is 10.6 Å². The number of carbonyl (C=O) groups excluding carboxylic acids is 1. The smallest absolute Gasteiger partial charge is 0.264 e. The normalized spacial score (nSPS) is 17.0. The van der Waals surface area contributed by atoms with Gasteiger partial charge in [0.25, 0.3) is 10.0 Å². The molecule has 2 N–H and O–H groups in total. The molecule has 1 aliphatic heterocycles. The van der Waals surface area contributed by atoms with Crippen LogP contribution >= 0.6 is 0 Å². The largest absolute Gasteiger partial charge is 0.326 e. The minimum Gasteiger partial charge on any atom is -0.326 e. The number of nitrogens with one attached hydrogen (secondary N) is 2. The maximum absolute atomic E-state index is 12.9. The predicted molar refractivity (Wildman–Crippen MR) is 103 cm³/mol. The van der Waals surface area contributed by atoms with Crippen LogP contribution in [0.15, 0.2) is 59.5 Å². The number of nitrogens with zero attached hydrogens (tertiary/aromatic N) is 1. The van der Waals surface area contributed by atoms with Crippen molar-refractivity contribution in [2.45, 2.75) is 30.2 Å². The van der Waals surface area contributed by atoms with Crippen LogP contribution in [0.2, 0.25) is 0 Å². The SMILES string of the molecule is CN(c1ccccc1)S(=O)(=O)c1cccc(NC(=O)CC2CCCN2)c1. The molecule has 1 fully saturated rings. The molecule has 1 unspecified atom stereocenters. The van der Waals surface area contributed by atoms with Crippen LogP contribution in [0.4, 0.5) is 11.4 Å².